The van der Waals surface area contributed by atoms with Gasteiger partial charge < -0.3 is 10.5 Å². The molecule has 1 fully saturated rings. The molecule has 2 N–H and O–H groups in total. The minimum Gasteiger partial charge on any atom is -0.374 e. The Labute approximate surface area is 109 Å². The molecule has 0 aliphatic carbocycles. The van der Waals surface area contributed by atoms with Crippen LogP contribution in [0.5, 0.6) is 0 Å². The molecule has 4 heteroatoms. The number of rotatable bonds is 3. The van der Waals surface area contributed by atoms with Gasteiger partial charge in [0.15, 0.2) is 0 Å². The summed E-state index contributed by atoms with van der Waals surface area (Å²) in [5, 5.41) is 0. The summed E-state index contributed by atoms with van der Waals surface area (Å²) in [6, 6.07) is 4.93. The lowest BCUT2D eigenvalue weighted by atomic mass is 9.89. The zero-order valence-corrected chi connectivity index (χ0v) is 11.5. The van der Waals surface area contributed by atoms with E-state index in [1.165, 1.54) is 6.07 Å². The maximum Gasteiger partial charge on any atom is 0.137 e. The molecule has 2 nitrogen and oxygen atoms in total. The van der Waals surface area contributed by atoms with Crippen LogP contribution >= 0.6 is 15.9 Å². The Balaban J connectivity index is 2.12. The zero-order chi connectivity index (χ0) is 12.5. The molecule has 94 valence electrons. The summed E-state index contributed by atoms with van der Waals surface area (Å²) in [5.74, 6) is -0.243. The van der Waals surface area contributed by atoms with Crippen molar-refractivity contribution in [3.63, 3.8) is 0 Å². The Kier molecular flexibility index (Phi) is 3.85. The molecule has 0 bridgehead atoms. The van der Waals surface area contributed by atoms with Gasteiger partial charge in [-0.1, -0.05) is 12.1 Å². The van der Waals surface area contributed by atoms with Crippen LogP contribution in [0.3, 0.4) is 0 Å². The highest BCUT2D eigenvalue weighted by Gasteiger charge is 2.36. The van der Waals surface area contributed by atoms with Crippen molar-refractivity contribution < 1.29 is 9.13 Å². The van der Waals surface area contributed by atoms with E-state index in [0.717, 1.165) is 25.0 Å². The van der Waals surface area contributed by atoms with E-state index in [2.05, 4.69) is 15.9 Å². The van der Waals surface area contributed by atoms with Crippen molar-refractivity contribution in [1.29, 1.82) is 0 Å². The lowest BCUT2D eigenvalue weighted by Gasteiger charge is -2.30. The van der Waals surface area contributed by atoms with Crippen LogP contribution in [-0.2, 0) is 11.2 Å². The molecule has 1 heterocycles. The van der Waals surface area contributed by atoms with Crippen LogP contribution in [-0.4, -0.2) is 18.2 Å². The van der Waals surface area contributed by atoms with Crippen molar-refractivity contribution in [1.82, 2.24) is 0 Å². The van der Waals surface area contributed by atoms with Crippen molar-refractivity contribution >= 4 is 15.9 Å². The first-order valence-corrected chi connectivity index (χ1v) is 6.65. The fourth-order valence-electron chi connectivity index (χ4n) is 2.25. The second-order valence-corrected chi connectivity index (χ2v) is 5.58. The molecule has 0 aromatic heterocycles. The number of hydrogen-bond donors (Lipinski definition) is 1. The molecule has 0 radical (unpaired) electrons. The summed E-state index contributed by atoms with van der Waals surface area (Å²) in [7, 11) is 0. The topological polar surface area (TPSA) is 35.2 Å². The van der Waals surface area contributed by atoms with Gasteiger partial charge in [-0.25, -0.2) is 4.39 Å². The minimum atomic E-state index is -0.272. The number of halogens is 2. The Morgan fingerprint density at radius 3 is 3.00 bits per heavy atom. The monoisotopic (exact) mass is 301 g/mol. The highest BCUT2D eigenvalue weighted by atomic mass is 79.9. The van der Waals surface area contributed by atoms with Crippen LogP contribution in [0.4, 0.5) is 4.39 Å². The summed E-state index contributed by atoms with van der Waals surface area (Å²) in [5.41, 5.74) is 6.82. The van der Waals surface area contributed by atoms with Gasteiger partial charge in [0.05, 0.1) is 10.1 Å². The van der Waals surface area contributed by atoms with Gasteiger partial charge in [-0.2, -0.15) is 0 Å². The molecule has 1 aliphatic heterocycles. The van der Waals surface area contributed by atoms with Crippen LogP contribution in [0.25, 0.3) is 0 Å². The number of benzene rings is 1. The van der Waals surface area contributed by atoms with Crippen molar-refractivity contribution in [3.05, 3.63) is 34.1 Å². The Bertz CT molecular complexity index is 404. The summed E-state index contributed by atoms with van der Waals surface area (Å²) >= 11 is 3.26. The Hall–Kier alpha value is -0.450. The number of ether oxygens (including phenoxy) is 1. The van der Waals surface area contributed by atoms with Crippen LogP contribution in [0.15, 0.2) is 22.7 Å². The van der Waals surface area contributed by atoms with Gasteiger partial charge in [0, 0.05) is 12.6 Å². The molecule has 1 saturated heterocycles. The van der Waals surface area contributed by atoms with E-state index in [0.29, 0.717) is 10.9 Å². The molecule has 1 aliphatic rings. The van der Waals surface area contributed by atoms with Gasteiger partial charge in [0.1, 0.15) is 5.82 Å². The SMILES string of the molecule is CC1(C(N)Cc2cccc(F)c2Br)CCCO1. The quantitative estimate of drug-likeness (QED) is 0.931. The average Bonchev–Trinajstić information content (AvgIpc) is 2.73. The lowest BCUT2D eigenvalue weighted by molar-refractivity contribution is -0.000957. The molecular formula is C13H17BrFNO. The van der Waals surface area contributed by atoms with Crippen LogP contribution in [0, 0.1) is 5.82 Å². The molecular weight excluding hydrogens is 285 g/mol. The predicted octanol–water partition coefficient (Wildman–Crippen LogP) is 3.03. The van der Waals surface area contributed by atoms with E-state index in [1.807, 2.05) is 13.0 Å². The van der Waals surface area contributed by atoms with E-state index in [-0.39, 0.29) is 17.5 Å². The Morgan fingerprint density at radius 2 is 2.35 bits per heavy atom. The molecule has 17 heavy (non-hydrogen) atoms. The molecule has 1 aromatic carbocycles. The normalized spacial score (nSPS) is 26.1. The van der Waals surface area contributed by atoms with Gasteiger partial charge >= 0.3 is 0 Å². The van der Waals surface area contributed by atoms with Crippen molar-refractivity contribution in [2.24, 2.45) is 5.73 Å². The predicted molar refractivity (Wildman–Crippen MR) is 69.4 cm³/mol. The number of nitrogens with two attached hydrogens (primary N) is 1. The van der Waals surface area contributed by atoms with Gasteiger partial charge in [-0.3, -0.25) is 0 Å². The van der Waals surface area contributed by atoms with E-state index in [4.69, 9.17) is 10.5 Å². The number of hydrogen-bond acceptors (Lipinski definition) is 2. The molecule has 0 saturated carbocycles. The molecule has 0 spiro atoms. The second-order valence-electron chi connectivity index (χ2n) is 4.79. The van der Waals surface area contributed by atoms with Crippen LogP contribution in [0.1, 0.15) is 25.3 Å². The first-order valence-electron chi connectivity index (χ1n) is 5.85. The maximum absolute atomic E-state index is 13.4. The van der Waals surface area contributed by atoms with Crippen LogP contribution < -0.4 is 5.73 Å². The van der Waals surface area contributed by atoms with E-state index >= 15 is 0 Å². The van der Waals surface area contributed by atoms with Crippen molar-refractivity contribution in [2.75, 3.05) is 6.61 Å². The standard InChI is InChI=1S/C13H17BrFNO/c1-13(6-3-7-17-13)11(16)8-9-4-2-5-10(15)12(9)14/h2,4-5,11H,3,6-8,16H2,1H3. The van der Waals surface area contributed by atoms with Crippen LogP contribution in [0.2, 0.25) is 0 Å². The fraction of sp³-hybridized carbons (Fsp3) is 0.538. The molecule has 2 unspecified atom stereocenters. The molecule has 1 aromatic rings. The summed E-state index contributed by atoms with van der Waals surface area (Å²) < 4.78 is 19.6. The highest BCUT2D eigenvalue weighted by Crippen LogP contribution is 2.31. The van der Waals surface area contributed by atoms with E-state index in [1.54, 1.807) is 6.07 Å². The largest absolute Gasteiger partial charge is 0.374 e. The first kappa shape index (κ1) is 13.0. The van der Waals surface area contributed by atoms with Crippen molar-refractivity contribution in [2.45, 2.75) is 37.8 Å². The first-order chi connectivity index (χ1) is 8.03. The third kappa shape index (κ3) is 2.69. The third-order valence-corrected chi connectivity index (χ3v) is 4.39. The third-order valence-electron chi connectivity index (χ3n) is 3.51. The van der Waals surface area contributed by atoms with E-state index in [9.17, 15) is 4.39 Å². The van der Waals surface area contributed by atoms with Gasteiger partial charge in [0.2, 0.25) is 0 Å². The summed E-state index contributed by atoms with van der Waals surface area (Å²) in [4.78, 5) is 0. The van der Waals surface area contributed by atoms with Gasteiger partial charge in [0.25, 0.3) is 0 Å². The van der Waals surface area contributed by atoms with Crippen molar-refractivity contribution in [3.8, 4) is 0 Å². The minimum absolute atomic E-state index is 0.108. The zero-order valence-electron chi connectivity index (χ0n) is 9.88. The lowest BCUT2D eigenvalue weighted by Crippen LogP contribution is -2.46. The molecule has 0 amide bonds. The molecule has 2 atom stereocenters. The average molecular weight is 302 g/mol. The smallest absolute Gasteiger partial charge is 0.137 e. The van der Waals surface area contributed by atoms with Gasteiger partial charge in [-0.15, -0.1) is 0 Å². The fourth-order valence-corrected chi connectivity index (χ4v) is 2.68. The second kappa shape index (κ2) is 5.04. The van der Waals surface area contributed by atoms with E-state index < -0.39 is 0 Å². The van der Waals surface area contributed by atoms with Gasteiger partial charge in [-0.05, 0) is 53.7 Å². The Morgan fingerprint density at radius 1 is 1.59 bits per heavy atom. The summed E-state index contributed by atoms with van der Waals surface area (Å²) in [6.07, 6.45) is 2.64. The maximum atomic E-state index is 13.4. The molecule has 2 rings (SSSR count). The summed E-state index contributed by atoms with van der Waals surface area (Å²) in [6.45, 7) is 2.81. The highest BCUT2D eigenvalue weighted by molar-refractivity contribution is 9.10.